The van der Waals surface area contributed by atoms with Crippen LogP contribution in [0.3, 0.4) is 0 Å². The van der Waals surface area contributed by atoms with Gasteiger partial charge < -0.3 is 10.2 Å². The van der Waals surface area contributed by atoms with Crippen molar-refractivity contribution < 1.29 is 4.79 Å². The quantitative estimate of drug-likeness (QED) is 0.872. The number of anilines is 3. The maximum Gasteiger partial charge on any atom is 0.259 e. The van der Waals surface area contributed by atoms with E-state index in [2.05, 4.69) is 20.2 Å². The molecule has 2 aromatic heterocycles. The van der Waals surface area contributed by atoms with E-state index in [1.807, 2.05) is 19.1 Å². The summed E-state index contributed by atoms with van der Waals surface area (Å²) in [4.78, 5) is 23.6. The molecule has 2 aliphatic rings. The standard InChI is InChI=1S/C16H16N4O/c1-10-7-9-18-15-13(10)19-16(21)12-6-3-8-17-14(12)20(15)11-4-2-5-11/h3,6-9,11H,2,4-5H2,1H3,(H,19,21). The lowest BCUT2D eigenvalue weighted by atomic mass is 9.91. The second kappa shape index (κ2) is 4.55. The number of amides is 1. The lowest BCUT2D eigenvalue weighted by molar-refractivity contribution is 0.102. The molecule has 3 heterocycles. The molecule has 0 spiro atoms. The van der Waals surface area contributed by atoms with E-state index in [4.69, 9.17) is 0 Å². The van der Waals surface area contributed by atoms with Crippen molar-refractivity contribution in [2.75, 3.05) is 10.2 Å². The Morgan fingerprint density at radius 2 is 2.00 bits per heavy atom. The molecule has 0 radical (unpaired) electrons. The largest absolute Gasteiger partial charge is 0.318 e. The highest BCUT2D eigenvalue weighted by atomic mass is 16.1. The third kappa shape index (κ3) is 1.81. The monoisotopic (exact) mass is 280 g/mol. The van der Waals surface area contributed by atoms with Crippen molar-refractivity contribution in [2.24, 2.45) is 0 Å². The Morgan fingerprint density at radius 1 is 1.19 bits per heavy atom. The van der Waals surface area contributed by atoms with Crippen molar-refractivity contribution in [1.29, 1.82) is 0 Å². The van der Waals surface area contributed by atoms with Gasteiger partial charge in [-0.25, -0.2) is 9.97 Å². The lowest BCUT2D eigenvalue weighted by Crippen LogP contribution is -2.38. The van der Waals surface area contributed by atoms with E-state index >= 15 is 0 Å². The molecule has 1 aliphatic carbocycles. The number of pyridine rings is 2. The summed E-state index contributed by atoms with van der Waals surface area (Å²) in [6.07, 6.45) is 6.96. The molecule has 0 bridgehead atoms. The van der Waals surface area contributed by atoms with Gasteiger partial charge in [-0.1, -0.05) is 0 Å². The van der Waals surface area contributed by atoms with E-state index in [0.717, 1.165) is 35.7 Å². The van der Waals surface area contributed by atoms with Crippen LogP contribution in [0.25, 0.3) is 0 Å². The predicted octanol–water partition coefficient (Wildman–Crippen LogP) is 3.04. The molecule has 1 saturated carbocycles. The van der Waals surface area contributed by atoms with Gasteiger partial charge in [0.15, 0.2) is 5.82 Å². The molecule has 0 aromatic carbocycles. The van der Waals surface area contributed by atoms with Gasteiger partial charge in [-0.3, -0.25) is 4.79 Å². The van der Waals surface area contributed by atoms with Crippen molar-refractivity contribution in [3.05, 3.63) is 41.7 Å². The summed E-state index contributed by atoms with van der Waals surface area (Å²) >= 11 is 0. The van der Waals surface area contributed by atoms with Gasteiger partial charge >= 0.3 is 0 Å². The number of nitrogens with zero attached hydrogens (tertiary/aromatic N) is 3. The molecule has 1 aliphatic heterocycles. The molecule has 2 aromatic rings. The molecule has 1 amide bonds. The maximum absolute atomic E-state index is 12.5. The summed E-state index contributed by atoms with van der Waals surface area (Å²) in [7, 11) is 0. The first-order valence-corrected chi connectivity index (χ1v) is 7.27. The van der Waals surface area contributed by atoms with Crippen LogP contribution in [0.5, 0.6) is 0 Å². The first kappa shape index (κ1) is 12.3. The SMILES string of the molecule is Cc1ccnc2c1NC(=O)c1cccnc1N2C1CCC1. The number of aryl methyl sites for hydroxylation is 1. The van der Waals surface area contributed by atoms with Crippen LogP contribution in [0, 0.1) is 6.92 Å². The van der Waals surface area contributed by atoms with Crippen molar-refractivity contribution >= 4 is 23.2 Å². The van der Waals surface area contributed by atoms with Gasteiger partial charge in [-0.05, 0) is 49.9 Å². The van der Waals surface area contributed by atoms with Crippen molar-refractivity contribution in [3.63, 3.8) is 0 Å². The number of rotatable bonds is 1. The Bertz CT molecular complexity index is 724. The summed E-state index contributed by atoms with van der Waals surface area (Å²) in [6.45, 7) is 1.99. The minimum atomic E-state index is -0.114. The summed E-state index contributed by atoms with van der Waals surface area (Å²) in [6, 6.07) is 5.92. The lowest BCUT2D eigenvalue weighted by Gasteiger charge is -2.38. The van der Waals surface area contributed by atoms with Crippen molar-refractivity contribution in [1.82, 2.24) is 9.97 Å². The van der Waals surface area contributed by atoms with Crippen LogP contribution in [-0.4, -0.2) is 21.9 Å². The minimum Gasteiger partial charge on any atom is -0.318 e. The normalized spacial score (nSPS) is 17.4. The maximum atomic E-state index is 12.5. The molecule has 4 rings (SSSR count). The van der Waals surface area contributed by atoms with E-state index in [1.165, 1.54) is 6.42 Å². The summed E-state index contributed by atoms with van der Waals surface area (Å²) in [5.41, 5.74) is 2.43. The third-order valence-electron chi connectivity index (χ3n) is 4.31. The summed E-state index contributed by atoms with van der Waals surface area (Å²) in [5.74, 6) is 1.42. The van der Waals surface area contributed by atoms with E-state index in [9.17, 15) is 4.79 Å². The van der Waals surface area contributed by atoms with Gasteiger partial charge in [0, 0.05) is 18.4 Å². The molecule has 21 heavy (non-hydrogen) atoms. The minimum absolute atomic E-state index is 0.114. The molecule has 0 atom stereocenters. The highest BCUT2D eigenvalue weighted by Crippen LogP contribution is 2.42. The van der Waals surface area contributed by atoms with Crippen LogP contribution in [0.1, 0.15) is 35.2 Å². The first-order valence-electron chi connectivity index (χ1n) is 7.27. The Kier molecular flexibility index (Phi) is 2.67. The van der Waals surface area contributed by atoms with Gasteiger partial charge in [-0.15, -0.1) is 0 Å². The first-order chi connectivity index (χ1) is 10.3. The molecule has 0 saturated heterocycles. The molecule has 106 valence electrons. The Labute approximate surface area is 123 Å². The fourth-order valence-corrected chi connectivity index (χ4v) is 2.92. The Balaban J connectivity index is 1.98. The molecule has 5 heteroatoms. The van der Waals surface area contributed by atoms with Crippen LogP contribution in [0.4, 0.5) is 17.3 Å². The van der Waals surface area contributed by atoms with E-state index in [-0.39, 0.29) is 5.91 Å². The smallest absolute Gasteiger partial charge is 0.259 e. The molecule has 1 fully saturated rings. The molecule has 0 unspecified atom stereocenters. The third-order valence-corrected chi connectivity index (χ3v) is 4.31. The van der Waals surface area contributed by atoms with Gasteiger partial charge in [-0.2, -0.15) is 0 Å². The van der Waals surface area contributed by atoms with Gasteiger partial charge in [0.2, 0.25) is 0 Å². The van der Waals surface area contributed by atoms with Crippen LogP contribution in [0.15, 0.2) is 30.6 Å². The van der Waals surface area contributed by atoms with Crippen molar-refractivity contribution in [3.8, 4) is 0 Å². The predicted molar refractivity (Wildman–Crippen MR) is 80.9 cm³/mol. The second-order valence-corrected chi connectivity index (χ2v) is 5.61. The number of fused-ring (bicyclic) bond motifs is 2. The number of aromatic nitrogens is 2. The molecule has 5 nitrogen and oxygen atoms in total. The number of hydrogen-bond donors (Lipinski definition) is 1. The Morgan fingerprint density at radius 3 is 2.76 bits per heavy atom. The summed E-state index contributed by atoms with van der Waals surface area (Å²) < 4.78 is 0. The van der Waals surface area contributed by atoms with Crippen LogP contribution < -0.4 is 10.2 Å². The topological polar surface area (TPSA) is 58.1 Å². The second-order valence-electron chi connectivity index (χ2n) is 5.61. The van der Waals surface area contributed by atoms with Crippen molar-refractivity contribution in [2.45, 2.75) is 32.2 Å². The van der Waals surface area contributed by atoms with Crippen LogP contribution in [-0.2, 0) is 0 Å². The Hall–Kier alpha value is -2.43. The van der Waals surface area contributed by atoms with Gasteiger partial charge in [0.05, 0.1) is 11.3 Å². The van der Waals surface area contributed by atoms with Gasteiger partial charge in [0.25, 0.3) is 5.91 Å². The van der Waals surface area contributed by atoms with E-state index in [0.29, 0.717) is 11.6 Å². The zero-order valence-electron chi connectivity index (χ0n) is 11.8. The average Bonchev–Trinajstić information content (AvgIpc) is 2.56. The zero-order valence-corrected chi connectivity index (χ0v) is 11.8. The number of hydrogen-bond acceptors (Lipinski definition) is 4. The highest BCUT2D eigenvalue weighted by Gasteiger charge is 2.35. The highest BCUT2D eigenvalue weighted by molar-refractivity contribution is 6.11. The number of nitrogens with one attached hydrogen (secondary N) is 1. The number of carbonyl (C=O) groups is 1. The fraction of sp³-hybridized carbons (Fsp3) is 0.312. The average molecular weight is 280 g/mol. The van der Waals surface area contributed by atoms with Gasteiger partial charge in [0.1, 0.15) is 5.82 Å². The zero-order chi connectivity index (χ0) is 14.4. The van der Waals surface area contributed by atoms with E-state index < -0.39 is 0 Å². The van der Waals surface area contributed by atoms with Crippen LogP contribution in [0.2, 0.25) is 0 Å². The fourth-order valence-electron chi connectivity index (χ4n) is 2.92. The van der Waals surface area contributed by atoms with E-state index in [1.54, 1.807) is 18.5 Å². The molecular formula is C16H16N4O. The number of carbonyl (C=O) groups excluding carboxylic acids is 1. The summed E-state index contributed by atoms with van der Waals surface area (Å²) in [5, 5.41) is 3.00. The molecular weight excluding hydrogens is 264 g/mol. The van der Waals surface area contributed by atoms with Crippen LogP contribution >= 0.6 is 0 Å². The molecule has 1 N–H and O–H groups in total.